The van der Waals surface area contributed by atoms with Gasteiger partial charge in [0, 0.05) is 24.1 Å². The standard InChI is InChI=1S/C17H12F3NO5/c18-17(19,20)13-8-12(21(23)24)2-4-16(13)26-9-14(22)10-1-3-15-11(7-10)5-6-25-15/h1-4,7-8H,5-6,9H2. The third-order valence-electron chi connectivity index (χ3n) is 3.85. The molecule has 6 nitrogen and oxygen atoms in total. The maximum atomic E-state index is 13.1. The molecule has 1 heterocycles. The lowest BCUT2D eigenvalue weighted by molar-refractivity contribution is -0.385. The van der Waals surface area contributed by atoms with Gasteiger partial charge in [0.15, 0.2) is 12.4 Å². The first-order chi connectivity index (χ1) is 12.3. The fourth-order valence-corrected chi connectivity index (χ4v) is 2.57. The SMILES string of the molecule is O=C(COc1ccc([N+](=O)[O-])cc1C(F)(F)F)c1ccc2c(c1)CCO2. The second-order valence-electron chi connectivity index (χ2n) is 5.57. The molecule has 0 saturated carbocycles. The number of Topliss-reactive ketones (excluding diaryl/α,β-unsaturated/α-hetero) is 1. The van der Waals surface area contributed by atoms with Gasteiger partial charge < -0.3 is 9.47 Å². The molecule has 0 fully saturated rings. The minimum Gasteiger partial charge on any atom is -0.493 e. The van der Waals surface area contributed by atoms with Gasteiger partial charge in [0.1, 0.15) is 17.1 Å². The number of hydrogen-bond acceptors (Lipinski definition) is 5. The van der Waals surface area contributed by atoms with E-state index in [1.54, 1.807) is 12.1 Å². The van der Waals surface area contributed by atoms with E-state index in [-0.39, 0.29) is 0 Å². The number of halogens is 3. The molecule has 0 aromatic heterocycles. The Morgan fingerprint density at radius 3 is 2.69 bits per heavy atom. The van der Waals surface area contributed by atoms with E-state index in [0.717, 1.165) is 17.7 Å². The summed E-state index contributed by atoms with van der Waals surface area (Å²) < 4.78 is 49.6. The lowest BCUT2D eigenvalue weighted by atomic mass is 10.1. The molecule has 1 aliphatic rings. The Morgan fingerprint density at radius 1 is 1.23 bits per heavy atom. The number of nitrogens with zero attached hydrogens (tertiary/aromatic N) is 1. The van der Waals surface area contributed by atoms with Crippen LogP contribution in [0.2, 0.25) is 0 Å². The van der Waals surface area contributed by atoms with Crippen molar-refractivity contribution in [1.29, 1.82) is 0 Å². The molecule has 0 bridgehead atoms. The molecule has 0 radical (unpaired) electrons. The van der Waals surface area contributed by atoms with E-state index in [0.29, 0.717) is 30.4 Å². The average molecular weight is 367 g/mol. The Bertz CT molecular complexity index is 879. The van der Waals surface area contributed by atoms with Gasteiger partial charge in [0.05, 0.1) is 11.5 Å². The molecule has 0 unspecified atom stereocenters. The summed E-state index contributed by atoms with van der Waals surface area (Å²) in [5.74, 6) is -0.468. The topological polar surface area (TPSA) is 78.7 Å². The number of ether oxygens (including phenoxy) is 2. The van der Waals surface area contributed by atoms with Crippen LogP contribution in [0.4, 0.5) is 18.9 Å². The molecule has 0 aliphatic carbocycles. The average Bonchev–Trinajstić information content (AvgIpc) is 3.06. The van der Waals surface area contributed by atoms with Gasteiger partial charge in [-0.1, -0.05) is 0 Å². The highest BCUT2D eigenvalue weighted by Gasteiger charge is 2.36. The second-order valence-corrected chi connectivity index (χ2v) is 5.57. The first kappa shape index (κ1) is 17.7. The van der Waals surface area contributed by atoms with E-state index < -0.39 is 40.5 Å². The van der Waals surface area contributed by atoms with Gasteiger partial charge >= 0.3 is 6.18 Å². The quantitative estimate of drug-likeness (QED) is 0.456. The van der Waals surface area contributed by atoms with Crippen LogP contribution in [-0.2, 0) is 12.6 Å². The predicted octanol–water partition coefficient (Wildman–Crippen LogP) is 3.81. The van der Waals surface area contributed by atoms with Crippen molar-refractivity contribution in [3.8, 4) is 11.5 Å². The van der Waals surface area contributed by atoms with Crippen LogP contribution in [-0.4, -0.2) is 23.9 Å². The number of non-ortho nitro benzene ring substituents is 1. The third kappa shape index (κ3) is 3.61. The molecule has 0 saturated heterocycles. The molecule has 2 aromatic rings. The summed E-state index contributed by atoms with van der Waals surface area (Å²) >= 11 is 0. The zero-order chi connectivity index (χ0) is 18.9. The van der Waals surface area contributed by atoms with Crippen LogP contribution < -0.4 is 9.47 Å². The minimum absolute atomic E-state index is 0.296. The van der Waals surface area contributed by atoms with Crippen LogP contribution in [0.1, 0.15) is 21.5 Å². The van der Waals surface area contributed by atoms with Gasteiger partial charge in [-0.15, -0.1) is 0 Å². The highest BCUT2D eigenvalue weighted by molar-refractivity contribution is 5.97. The number of rotatable bonds is 5. The highest BCUT2D eigenvalue weighted by atomic mass is 19.4. The van der Waals surface area contributed by atoms with Crippen molar-refractivity contribution in [1.82, 2.24) is 0 Å². The number of fused-ring (bicyclic) bond motifs is 1. The van der Waals surface area contributed by atoms with E-state index in [1.807, 2.05) is 0 Å². The lowest BCUT2D eigenvalue weighted by Crippen LogP contribution is -2.15. The van der Waals surface area contributed by atoms with Crippen molar-refractivity contribution in [3.63, 3.8) is 0 Å². The first-order valence-electron chi connectivity index (χ1n) is 7.53. The normalized spacial score (nSPS) is 13.0. The molecule has 3 rings (SSSR count). The molecule has 136 valence electrons. The number of nitro benzene ring substituents is 1. The van der Waals surface area contributed by atoms with E-state index in [4.69, 9.17) is 9.47 Å². The number of benzene rings is 2. The molecule has 1 aliphatic heterocycles. The van der Waals surface area contributed by atoms with Gasteiger partial charge in [-0.05, 0) is 29.8 Å². The molecule has 0 atom stereocenters. The van der Waals surface area contributed by atoms with Crippen molar-refractivity contribution < 1.29 is 32.4 Å². The van der Waals surface area contributed by atoms with Crippen LogP contribution in [0.5, 0.6) is 11.5 Å². The molecule has 0 spiro atoms. The largest absolute Gasteiger partial charge is 0.493 e. The number of carbonyl (C=O) groups is 1. The summed E-state index contributed by atoms with van der Waals surface area (Å²) in [5.41, 5.74) is -0.872. The molecular weight excluding hydrogens is 355 g/mol. The van der Waals surface area contributed by atoms with E-state index in [2.05, 4.69) is 0 Å². The van der Waals surface area contributed by atoms with Crippen LogP contribution >= 0.6 is 0 Å². The van der Waals surface area contributed by atoms with Gasteiger partial charge in [-0.3, -0.25) is 14.9 Å². The summed E-state index contributed by atoms with van der Waals surface area (Å²) in [7, 11) is 0. The maximum Gasteiger partial charge on any atom is 0.420 e. The van der Waals surface area contributed by atoms with Crippen molar-refractivity contribution in [2.24, 2.45) is 0 Å². The van der Waals surface area contributed by atoms with Crippen LogP contribution in [0.15, 0.2) is 36.4 Å². The maximum absolute atomic E-state index is 13.1. The number of alkyl halides is 3. The van der Waals surface area contributed by atoms with E-state index in [1.165, 1.54) is 6.07 Å². The first-order valence-corrected chi connectivity index (χ1v) is 7.53. The van der Waals surface area contributed by atoms with E-state index in [9.17, 15) is 28.1 Å². The van der Waals surface area contributed by atoms with Crippen LogP contribution in [0, 0.1) is 10.1 Å². The zero-order valence-corrected chi connectivity index (χ0v) is 13.2. The number of ketones is 1. The summed E-state index contributed by atoms with van der Waals surface area (Å²) in [6.07, 6.45) is -4.20. The number of hydrogen-bond donors (Lipinski definition) is 0. The zero-order valence-electron chi connectivity index (χ0n) is 13.2. The number of nitro groups is 1. The summed E-state index contributed by atoms with van der Waals surface area (Å²) in [6.45, 7) is -0.109. The highest BCUT2D eigenvalue weighted by Crippen LogP contribution is 2.38. The Labute approximate surface area is 145 Å². The van der Waals surface area contributed by atoms with Gasteiger partial charge in [0.25, 0.3) is 5.69 Å². The summed E-state index contributed by atoms with van der Waals surface area (Å²) in [4.78, 5) is 21.9. The molecular formula is C17H12F3NO5. The Hall–Kier alpha value is -3.10. The molecule has 0 amide bonds. The monoisotopic (exact) mass is 367 g/mol. The van der Waals surface area contributed by atoms with Gasteiger partial charge in [-0.2, -0.15) is 13.2 Å². The Kier molecular flexibility index (Phi) is 4.54. The van der Waals surface area contributed by atoms with E-state index >= 15 is 0 Å². The predicted molar refractivity (Wildman–Crippen MR) is 83.6 cm³/mol. The van der Waals surface area contributed by atoms with Crippen molar-refractivity contribution in [3.05, 3.63) is 63.2 Å². The second kappa shape index (κ2) is 6.66. The lowest BCUT2D eigenvalue weighted by Gasteiger charge is -2.13. The molecule has 9 heteroatoms. The Morgan fingerprint density at radius 2 is 2.00 bits per heavy atom. The van der Waals surface area contributed by atoms with Gasteiger partial charge in [-0.25, -0.2) is 0 Å². The van der Waals surface area contributed by atoms with Crippen LogP contribution in [0.25, 0.3) is 0 Å². The Balaban J connectivity index is 1.78. The minimum atomic E-state index is -4.85. The smallest absolute Gasteiger partial charge is 0.420 e. The number of carbonyl (C=O) groups excluding carboxylic acids is 1. The summed E-state index contributed by atoms with van der Waals surface area (Å²) in [5, 5.41) is 10.7. The van der Waals surface area contributed by atoms with Crippen molar-refractivity contribution in [2.75, 3.05) is 13.2 Å². The molecule has 0 N–H and O–H groups in total. The third-order valence-corrected chi connectivity index (χ3v) is 3.85. The van der Waals surface area contributed by atoms with Gasteiger partial charge in [0.2, 0.25) is 0 Å². The fourth-order valence-electron chi connectivity index (χ4n) is 2.57. The van der Waals surface area contributed by atoms with Crippen molar-refractivity contribution in [2.45, 2.75) is 12.6 Å². The van der Waals surface area contributed by atoms with Crippen LogP contribution in [0.3, 0.4) is 0 Å². The molecule has 2 aromatic carbocycles. The molecule has 26 heavy (non-hydrogen) atoms. The summed E-state index contributed by atoms with van der Waals surface area (Å²) in [6, 6.07) is 6.87. The van der Waals surface area contributed by atoms with Crippen molar-refractivity contribution >= 4 is 11.5 Å². The fraction of sp³-hybridized carbons (Fsp3) is 0.235.